The summed E-state index contributed by atoms with van der Waals surface area (Å²) < 4.78 is 9.30. The van der Waals surface area contributed by atoms with E-state index < -0.39 is 24.1 Å². The van der Waals surface area contributed by atoms with Crippen LogP contribution in [0.15, 0.2) is 29.2 Å². The maximum atomic E-state index is 12.0. The molecular weight excluding hydrogens is 282 g/mol. The zero-order valence-electron chi connectivity index (χ0n) is 11.3. The van der Waals surface area contributed by atoms with Gasteiger partial charge in [-0.15, -0.1) is 11.8 Å². The first-order chi connectivity index (χ1) is 9.49. The van der Waals surface area contributed by atoms with Crippen LogP contribution in [0.5, 0.6) is 0 Å². The standard InChI is InChI=1S/C13H15NO5S/c1-8(11(15)14-13(17)18-2)19-12(16)9-6-4-5-7-10(9)20-3/h4-8H,1-3H3,(H,14,15,17)/t8-/m0/s1. The largest absolute Gasteiger partial charge is 0.453 e. The number of benzene rings is 1. The molecule has 1 N–H and O–H groups in total. The van der Waals surface area contributed by atoms with Crippen LogP contribution in [0.25, 0.3) is 0 Å². The molecule has 0 bridgehead atoms. The van der Waals surface area contributed by atoms with Gasteiger partial charge in [0, 0.05) is 4.90 Å². The van der Waals surface area contributed by atoms with Crippen LogP contribution >= 0.6 is 11.8 Å². The number of esters is 1. The lowest BCUT2D eigenvalue weighted by molar-refractivity contribution is -0.128. The lowest BCUT2D eigenvalue weighted by Crippen LogP contribution is -2.39. The summed E-state index contributed by atoms with van der Waals surface area (Å²) in [5, 5.41) is 1.93. The van der Waals surface area contributed by atoms with Crippen LogP contribution in [0.3, 0.4) is 0 Å². The Bertz CT molecular complexity index is 517. The smallest absolute Gasteiger partial charge is 0.413 e. The Morgan fingerprint density at radius 2 is 1.90 bits per heavy atom. The zero-order valence-corrected chi connectivity index (χ0v) is 12.2. The number of methoxy groups -OCH3 is 1. The number of carbonyl (C=O) groups is 3. The fourth-order valence-corrected chi connectivity index (χ4v) is 1.93. The van der Waals surface area contributed by atoms with Gasteiger partial charge in [-0.3, -0.25) is 10.1 Å². The van der Waals surface area contributed by atoms with Crippen LogP contribution in [0.2, 0.25) is 0 Å². The van der Waals surface area contributed by atoms with E-state index in [0.717, 1.165) is 12.0 Å². The first-order valence-electron chi connectivity index (χ1n) is 5.72. The number of imide groups is 1. The number of ether oxygens (including phenoxy) is 2. The van der Waals surface area contributed by atoms with Gasteiger partial charge in [0.25, 0.3) is 5.91 Å². The molecule has 0 unspecified atom stereocenters. The lowest BCUT2D eigenvalue weighted by Gasteiger charge is -2.13. The molecule has 7 heteroatoms. The van der Waals surface area contributed by atoms with Crippen molar-refractivity contribution in [2.45, 2.75) is 17.9 Å². The zero-order chi connectivity index (χ0) is 15.1. The number of amides is 2. The summed E-state index contributed by atoms with van der Waals surface area (Å²) in [4.78, 5) is 35.1. The van der Waals surface area contributed by atoms with Gasteiger partial charge in [0.1, 0.15) is 0 Å². The molecule has 0 aromatic heterocycles. The lowest BCUT2D eigenvalue weighted by atomic mass is 10.2. The van der Waals surface area contributed by atoms with E-state index in [1.807, 2.05) is 11.6 Å². The van der Waals surface area contributed by atoms with E-state index >= 15 is 0 Å². The van der Waals surface area contributed by atoms with E-state index in [-0.39, 0.29) is 0 Å². The van der Waals surface area contributed by atoms with E-state index in [1.54, 1.807) is 24.3 Å². The van der Waals surface area contributed by atoms with Crippen molar-refractivity contribution in [3.63, 3.8) is 0 Å². The molecule has 0 radical (unpaired) electrons. The van der Waals surface area contributed by atoms with Crippen LogP contribution in [-0.2, 0) is 14.3 Å². The Hall–Kier alpha value is -2.02. The fourth-order valence-electron chi connectivity index (χ4n) is 1.34. The van der Waals surface area contributed by atoms with Crippen LogP contribution in [0, 0.1) is 0 Å². The molecular formula is C13H15NO5S. The minimum atomic E-state index is -1.10. The Labute approximate surface area is 120 Å². The highest BCUT2D eigenvalue weighted by molar-refractivity contribution is 7.98. The number of alkyl carbamates (subject to hydrolysis) is 1. The van der Waals surface area contributed by atoms with Gasteiger partial charge >= 0.3 is 12.1 Å². The van der Waals surface area contributed by atoms with E-state index in [9.17, 15) is 14.4 Å². The van der Waals surface area contributed by atoms with Crippen molar-refractivity contribution in [1.29, 1.82) is 0 Å². The van der Waals surface area contributed by atoms with Crippen LogP contribution in [0.4, 0.5) is 4.79 Å². The Morgan fingerprint density at radius 1 is 1.25 bits per heavy atom. The summed E-state index contributed by atoms with van der Waals surface area (Å²) in [6.07, 6.45) is -0.168. The summed E-state index contributed by atoms with van der Waals surface area (Å²) in [5.74, 6) is -1.37. The molecule has 1 rings (SSSR count). The molecule has 0 heterocycles. The minimum absolute atomic E-state index is 0.373. The van der Waals surface area contributed by atoms with E-state index in [2.05, 4.69) is 4.74 Å². The van der Waals surface area contributed by atoms with Crippen molar-refractivity contribution in [3.05, 3.63) is 29.8 Å². The first kappa shape index (κ1) is 16.0. The highest BCUT2D eigenvalue weighted by Gasteiger charge is 2.22. The van der Waals surface area contributed by atoms with Crippen molar-refractivity contribution in [3.8, 4) is 0 Å². The third-order valence-electron chi connectivity index (χ3n) is 2.39. The predicted octanol–water partition coefficient (Wildman–Crippen LogP) is 1.84. The molecule has 20 heavy (non-hydrogen) atoms. The second-order valence-corrected chi connectivity index (χ2v) is 4.58. The van der Waals surface area contributed by atoms with Gasteiger partial charge in [0.2, 0.25) is 0 Å². The number of hydrogen-bond donors (Lipinski definition) is 1. The monoisotopic (exact) mass is 297 g/mol. The molecule has 0 aliphatic rings. The van der Waals surface area contributed by atoms with E-state index in [4.69, 9.17) is 4.74 Å². The third-order valence-corrected chi connectivity index (χ3v) is 3.19. The van der Waals surface area contributed by atoms with Gasteiger partial charge in [-0.25, -0.2) is 9.59 Å². The molecule has 1 aromatic rings. The second-order valence-electron chi connectivity index (χ2n) is 3.73. The predicted molar refractivity (Wildman–Crippen MR) is 73.6 cm³/mol. The number of rotatable bonds is 4. The number of nitrogens with one attached hydrogen (secondary N) is 1. The molecule has 0 aliphatic heterocycles. The average molecular weight is 297 g/mol. The number of hydrogen-bond acceptors (Lipinski definition) is 6. The van der Waals surface area contributed by atoms with Crippen LogP contribution in [-0.4, -0.2) is 37.4 Å². The number of carbonyl (C=O) groups excluding carboxylic acids is 3. The molecule has 1 atom stereocenters. The maximum absolute atomic E-state index is 12.0. The van der Waals surface area contributed by atoms with Gasteiger partial charge < -0.3 is 9.47 Å². The minimum Gasteiger partial charge on any atom is -0.453 e. The van der Waals surface area contributed by atoms with Gasteiger partial charge in [-0.2, -0.15) is 0 Å². The van der Waals surface area contributed by atoms with E-state index in [1.165, 1.54) is 18.7 Å². The first-order valence-corrected chi connectivity index (χ1v) is 6.95. The quantitative estimate of drug-likeness (QED) is 0.674. The van der Waals surface area contributed by atoms with Crippen molar-refractivity contribution in [2.75, 3.05) is 13.4 Å². The van der Waals surface area contributed by atoms with Crippen molar-refractivity contribution < 1.29 is 23.9 Å². The van der Waals surface area contributed by atoms with Gasteiger partial charge in [-0.05, 0) is 25.3 Å². The van der Waals surface area contributed by atoms with Crippen molar-refractivity contribution >= 4 is 29.7 Å². The van der Waals surface area contributed by atoms with Crippen molar-refractivity contribution in [2.24, 2.45) is 0 Å². The molecule has 0 saturated heterocycles. The van der Waals surface area contributed by atoms with E-state index in [0.29, 0.717) is 5.56 Å². The maximum Gasteiger partial charge on any atom is 0.413 e. The molecule has 0 spiro atoms. The molecule has 0 fully saturated rings. The third kappa shape index (κ3) is 4.27. The summed E-state index contributed by atoms with van der Waals surface area (Å²) in [5.41, 5.74) is 0.373. The van der Waals surface area contributed by atoms with Crippen LogP contribution in [0.1, 0.15) is 17.3 Å². The Kier molecular flexibility index (Phi) is 6.05. The molecule has 0 aliphatic carbocycles. The second kappa shape index (κ2) is 7.54. The average Bonchev–Trinajstić information content (AvgIpc) is 2.46. The SMILES string of the molecule is COC(=O)NC(=O)[C@H](C)OC(=O)c1ccccc1SC. The summed E-state index contributed by atoms with van der Waals surface area (Å²) >= 11 is 1.40. The molecule has 2 amide bonds. The summed E-state index contributed by atoms with van der Waals surface area (Å²) in [6, 6.07) is 6.89. The molecule has 108 valence electrons. The Balaban J connectivity index is 2.70. The Morgan fingerprint density at radius 3 is 2.50 bits per heavy atom. The highest BCUT2D eigenvalue weighted by atomic mass is 32.2. The molecule has 0 saturated carbocycles. The summed E-state index contributed by atoms with van der Waals surface area (Å²) in [7, 11) is 1.13. The normalized spacial score (nSPS) is 11.3. The van der Waals surface area contributed by atoms with Gasteiger partial charge in [0.15, 0.2) is 6.10 Å². The fraction of sp³-hybridized carbons (Fsp3) is 0.308. The topological polar surface area (TPSA) is 81.7 Å². The van der Waals surface area contributed by atoms with Gasteiger partial charge in [-0.1, -0.05) is 12.1 Å². The van der Waals surface area contributed by atoms with Crippen LogP contribution < -0.4 is 5.32 Å². The van der Waals surface area contributed by atoms with Crippen molar-refractivity contribution in [1.82, 2.24) is 5.32 Å². The highest BCUT2D eigenvalue weighted by Crippen LogP contribution is 2.20. The number of thioether (sulfide) groups is 1. The van der Waals surface area contributed by atoms with Gasteiger partial charge in [0.05, 0.1) is 12.7 Å². The summed E-state index contributed by atoms with van der Waals surface area (Å²) in [6.45, 7) is 1.37. The molecule has 1 aromatic carbocycles. The molecule has 6 nitrogen and oxygen atoms in total.